The van der Waals surface area contributed by atoms with Crippen LogP contribution in [-0.4, -0.2) is 10.8 Å². The van der Waals surface area contributed by atoms with Crippen molar-refractivity contribution in [3.05, 3.63) is 59.3 Å². The molecule has 0 radical (unpaired) electrons. The predicted molar refractivity (Wildman–Crippen MR) is 74.4 cm³/mol. The summed E-state index contributed by atoms with van der Waals surface area (Å²) in [5.74, 6) is 0.661. The molecule has 1 aromatic heterocycles. The van der Waals surface area contributed by atoms with Crippen molar-refractivity contribution in [2.45, 2.75) is 26.9 Å². The van der Waals surface area contributed by atoms with E-state index in [-0.39, 0.29) is 5.78 Å². The zero-order valence-electron chi connectivity index (χ0n) is 11.2. The van der Waals surface area contributed by atoms with Gasteiger partial charge in [0, 0.05) is 18.1 Å². The Labute approximate surface area is 113 Å². The van der Waals surface area contributed by atoms with Gasteiger partial charge in [-0.15, -0.1) is 0 Å². The van der Waals surface area contributed by atoms with E-state index in [0.29, 0.717) is 24.5 Å². The van der Waals surface area contributed by atoms with Crippen LogP contribution in [0, 0.1) is 6.92 Å². The van der Waals surface area contributed by atoms with Gasteiger partial charge in [-0.25, -0.2) is 4.98 Å². The fourth-order valence-corrected chi connectivity index (χ4v) is 1.84. The molecule has 3 heteroatoms. The molecule has 0 spiro atoms. The zero-order chi connectivity index (χ0) is 13.7. The number of pyridine rings is 1. The number of carbonyl (C=O) groups is 1. The number of rotatable bonds is 5. The maximum Gasteiger partial charge on any atom is 0.213 e. The second kappa shape index (κ2) is 6.14. The first-order chi connectivity index (χ1) is 9.20. The van der Waals surface area contributed by atoms with E-state index in [1.807, 2.05) is 44.2 Å². The molecule has 1 heterocycles. The molecule has 0 bridgehead atoms. The fraction of sp³-hybridized carbons (Fsp3) is 0.250. The van der Waals surface area contributed by atoms with E-state index < -0.39 is 0 Å². The lowest BCUT2D eigenvalue weighted by molar-refractivity contribution is 0.0987. The van der Waals surface area contributed by atoms with Crippen LogP contribution in [-0.2, 0) is 6.61 Å². The van der Waals surface area contributed by atoms with Crippen molar-refractivity contribution in [3.63, 3.8) is 0 Å². The van der Waals surface area contributed by atoms with Crippen LogP contribution in [0.2, 0.25) is 0 Å². The summed E-state index contributed by atoms with van der Waals surface area (Å²) in [5, 5.41) is 0. The Morgan fingerprint density at radius 3 is 2.53 bits per heavy atom. The highest BCUT2D eigenvalue weighted by atomic mass is 16.5. The van der Waals surface area contributed by atoms with Crippen molar-refractivity contribution in [1.29, 1.82) is 0 Å². The van der Waals surface area contributed by atoms with Gasteiger partial charge in [-0.3, -0.25) is 4.79 Å². The lowest BCUT2D eigenvalue weighted by Gasteiger charge is -2.08. The summed E-state index contributed by atoms with van der Waals surface area (Å²) in [6.07, 6.45) is 0.493. The second-order valence-corrected chi connectivity index (χ2v) is 4.33. The van der Waals surface area contributed by atoms with Crippen LogP contribution in [0.1, 0.15) is 35.0 Å². The summed E-state index contributed by atoms with van der Waals surface area (Å²) in [6, 6.07) is 13.5. The topological polar surface area (TPSA) is 39.2 Å². The van der Waals surface area contributed by atoms with E-state index in [2.05, 4.69) is 4.98 Å². The van der Waals surface area contributed by atoms with Crippen molar-refractivity contribution in [2.24, 2.45) is 0 Å². The first-order valence-corrected chi connectivity index (χ1v) is 6.38. The van der Waals surface area contributed by atoms with Gasteiger partial charge in [-0.1, -0.05) is 37.3 Å². The SMILES string of the molecule is CCC(=O)c1ccc(OCc2ccccc2)nc1C. The summed E-state index contributed by atoms with van der Waals surface area (Å²) in [4.78, 5) is 16.0. The Morgan fingerprint density at radius 1 is 1.16 bits per heavy atom. The van der Waals surface area contributed by atoms with Crippen LogP contribution in [0.4, 0.5) is 0 Å². The first-order valence-electron chi connectivity index (χ1n) is 6.38. The number of nitrogens with zero attached hydrogens (tertiary/aromatic N) is 1. The van der Waals surface area contributed by atoms with Gasteiger partial charge in [0.05, 0.1) is 5.69 Å². The number of aromatic nitrogens is 1. The van der Waals surface area contributed by atoms with Crippen LogP contribution >= 0.6 is 0 Å². The number of ether oxygens (including phenoxy) is 1. The molecule has 0 atom stereocenters. The van der Waals surface area contributed by atoms with Crippen LogP contribution in [0.3, 0.4) is 0 Å². The van der Waals surface area contributed by atoms with E-state index >= 15 is 0 Å². The molecule has 0 fully saturated rings. The maximum atomic E-state index is 11.6. The molecule has 0 amide bonds. The molecule has 0 aliphatic carbocycles. The van der Waals surface area contributed by atoms with Gasteiger partial charge in [0.1, 0.15) is 6.61 Å². The average Bonchev–Trinajstić information content (AvgIpc) is 2.45. The second-order valence-electron chi connectivity index (χ2n) is 4.33. The molecule has 0 aliphatic rings. The minimum absolute atomic E-state index is 0.111. The number of hydrogen-bond donors (Lipinski definition) is 0. The number of carbonyl (C=O) groups excluding carboxylic acids is 1. The van der Waals surface area contributed by atoms with Crippen LogP contribution in [0.5, 0.6) is 5.88 Å². The van der Waals surface area contributed by atoms with Gasteiger partial charge in [0.25, 0.3) is 0 Å². The van der Waals surface area contributed by atoms with Crippen molar-refractivity contribution >= 4 is 5.78 Å². The lowest BCUT2D eigenvalue weighted by Crippen LogP contribution is -2.04. The van der Waals surface area contributed by atoms with Crippen molar-refractivity contribution in [3.8, 4) is 5.88 Å². The Balaban J connectivity index is 2.06. The molecular weight excluding hydrogens is 238 g/mol. The highest BCUT2D eigenvalue weighted by Gasteiger charge is 2.09. The number of benzene rings is 1. The standard InChI is InChI=1S/C16H17NO2/c1-3-15(18)14-9-10-16(17-12(14)2)19-11-13-7-5-4-6-8-13/h4-10H,3,11H2,1-2H3. The zero-order valence-corrected chi connectivity index (χ0v) is 11.2. The average molecular weight is 255 g/mol. The van der Waals surface area contributed by atoms with Gasteiger partial charge in [0.2, 0.25) is 5.88 Å². The summed E-state index contributed by atoms with van der Waals surface area (Å²) in [6.45, 7) is 4.16. The molecule has 0 N–H and O–H groups in total. The number of ketones is 1. The van der Waals surface area contributed by atoms with Crippen molar-refractivity contribution in [1.82, 2.24) is 4.98 Å². The Morgan fingerprint density at radius 2 is 1.89 bits per heavy atom. The van der Waals surface area contributed by atoms with Gasteiger partial charge >= 0.3 is 0 Å². The Kier molecular flexibility index (Phi) is 4.29. The number of aryl methyl sites for hydroxylation is 1. The van der Waals surface area contributed by atoms with E-state index in [1.54, 1.807) is 12.1 Å². The molecule has 0 aliphatic heterocycles. The fourth-order valence-electron chi connectivity index (χ4n) is 1.84. The lowest BCUT2D eigenvalue weighted by atomic mass is 10.1. The Bertz CT molecular complexity index is 564. The summed E-state index contributed by atoms with van der Waals surface area (Å²) in [5.41, 5.74) is 2.49. The quantitative estimate of drug-likeness (QED) is 0.767. The highest BCUT2D eigenvalue weighted by molar-refractivity contribution is 5.96. The van der Waals surface area contributed by atoms with Gasteiger partial charge in [-0.05, 0) is 18.6 Å². The van der Waals surface area contributed by atoms with Gasteiger partial charge in [-0.2, -0.15) is 0 Å². The minimum atomic E-state index is 0.111. The molecule has 3 nitrogen and oxygen atoms in total. The third-order valence-electron chi connectivity index (χ3n) is 2.91. The molecular formula is C16H17NO2. The molecule has 0 saturated carbocycles. The van der Waals surface area contributed by atoms with Crippen molar-refractivity contribution in [2.75, 3.05) is 0 Å². The summed E-state index contributed by atoms with van der Waals surface area (Å²) >= 11 is 0. The van der Waals surface area contributed by atoms with E-state index in [1.165, 1.54) is 0 Å². The largest absolute Gasteiger partial charge is 0.473 e. The molecule has 98 valence electrons. The molecule has 2 aromatic rings. The monoisotopic (exact) mass is 255 g/mol. The molecule has 19 heavy (non-hydrogen) atoms. The third-order valence-corrected chi connectivity index (χ3v) is 2.91. The Hall–Kier alpha value is -2.16. The normalized spacial score (nSPS) is 10.2. The summed E-state index contributed by atoms with van der Waals surface area (Å²) in [7, 11) is 0. The number of Topliss-reactive ketones (excluding diaryl/α,β-unsaturated/α-hetero) is 1. The van der Waals surface area contributed by atoms with Crippen LogP contribution < -0.4 is 4.74 Å². The molecule has 1 aromatic carbocycles. The summed E-state index contributed by atoms with van der Waals surface area (Å²) < 4.78 is 5.62. The van der Waals surface area contributed by atoms with Crippen LogP contribution in [0.15, 0.2) is 42.5 Å². The first kappa shape index (κ1) is 13.3. The maximum absolute atomic E-state index is 11.6. The van der Waals surface area contributed by atoms with Gasteiger partial charge in [0.15, 0.2) is 5.78 Å². The predicted octanol–water partition coefficient (Wildman–Crippen LogP) is 3.56. The van der Waals surface area contributed by atoms with Crippen molar-refractivity contribution < 1.29 is 9.53 Å². The van der Waals surface area contributed by atoms with Crippen LogP contribution in [0.25, 0.3) is 0 Å². The van der Waals surface area contributed by atoms with E-state index in [0.717, 1.165) is 11.3 Å². The minimum Gasteiger partial charge on any atom is -0.473 e. The molecule has 2 rings (SSSR count). The molecule has 0 unspecified atom stereocenters. The van der Waals surface area contributed by atoms with Gasteiger partial charge < -0.3 is 4.74 Å². The van der Waals surface area contributed by atoms with E-state index in [9.17, 15) is 4.79 Å². The molecule has 0 saturated heterocycles. The number of hydrogen-bond acceptors (Lipinski definition) is 3. The smallest absolute Gasteiger partial charge is 0.213 e. The highest BCUT2D eigenvalue weighted by Crippen LogP contribution is 2.15. The van der Waals surface area contributed by atoms with E-state index in [4.69, 9.17) is 4.74 Å². The third kappa shape index (κ3) is 3.41.